The van der Waals surface area contributed by atoms with Gasteiger partial charge in [0.15, 0.2) is 0 Å². The third kappa shape index (κ3) is 3.35. The summed E-state index contributed by atoms with van der Waals surface area (Å²) < 4.78 is 6.50. The van der Waals surface area contributed by atoms with Crippen LogP contribution in [0.1, 0.15) is 32.8 Å². The highest BCUT2D eigenvalue weighted by Crippen LogP contribution is 2.29. The van der Waals surface area contributed by atoms with Gasteiger partial charge in [-0.2, -0.15) is 0 Å². The molecule has 1 aromatic carbocycles. The van der Waals surface area contributed by atoms with Crippen LogP contribution in [0.5, 0.6) is 5.75 Å². The maximum absolute atomic E-state index is 5.35. The number of piperazine rings is 1. The van der Waals surface area contributed by atoms with Crippen molar-refractivity contribution in [3.05, 3.63) is 28.2 Å². The topological polar surface area (TPSA) is 24.5 Å². The summed E-state index contributed by atoms with van der Waals surface area (Å²) >= 11 is 3.66. The van der Waals surface area contributed by atoms with Gasteiger partial charge in [-0.25, -0.2) is 0 Å². The van der Waals surface area contributed by atoms with Crippen molar-refractivity contribution in [1.29, 1.82) is 0 Å². The summed E-state index contributed by atoms with van der Waals surface area (Å²) in [6.45, 7) is 9.95. The fraction of sp³-hybridized carbons (Fsp3) is 0.625. The lowest BCUT2D eigenvalue weighted by Gasteiger charge is -2.47. The number of nitrogens with zero attached hydrogens (tertiary/aromatic N) is 1. The molecule has 0 aromatic heterocycles. The Morgan fingerprint density at radius 3 is 2.90 bits per heavy atom. The smallest absolute Gasteiger partial charge is 0.119 e. The first-order valence-electron chi connectivity index (χ1n) is 7.29. The number of benzene rings is 1. The van der Waals surface area contributed by atoms with Crippen LogP contribution in [0, 0.1) is 0 Å². The van der Waals surface area contributed by atoms with Crippen molar-refractivity contribution in [3.63, 3.8) is 0 Å². The SMILES string of the molecule is CCC1(C)CNC(C)CN1Cc1cc(OC)ccc1Br. The second-order valence-corrected chi connectivity index (χ2v) is 6.82. The van der Waals surface area contributed by atoms with Crippen molar-refractivity contribution in [2.24, 2.45) is 0 Å². The molecule has 112 valence electrons. The maximum atomic E-state index is 5.35. The molecule has 1 aromatic rings. The summed E-state index contributed by atoms with van der Waals surface area (Å²) in [5, 5.41) is 3.60. The molecule has 4 heteroatoms. The number of nitrogens with one attached hydrogen (secondary N) is 1. The van der Waals surface area contributed by atoms with E-state index in [0.29, 0.717) is 6.04 Å². The number of hydrogen-bond donors (Lipinski definition) is 1. The molecule has 2 unspecified atom stereocenters. The largest absolute Gasteiger partial charge is 0.497 e. The summed E-state index contributed by atoms with van der Waals surface area (Å²) in [7, 11) is 1.72. The lowest BCUT2D eigenvalue weighted by atomic mass is 9.91. The van der Waals surface area contributed by atoms with Gasteiger partial charge >= 0.3 is 0 Å². The molecule has 1 saturated heterocycles. The van der Waals surface area contributed by atoms with Crippen LogP contribution in [0.3, 0.4) is 0 Å². The van der Waals surface area contributed by atoms with E-state index >= 15 is 0 Å². The number of methoxy groups -OCH3 is 1. The Labute approximate surface area is 130 Å². The summed E-state index contributed by atoms with van der Waals surface area (Å²) in [4.78, 5) is 2.59. The standard InChI is InChI=1S/C16H25BrN2O/c1-5-16(3)11-18-12(2)9-19(16)10-13-8-14(20-4)6-7-15(13)17/h6-8,12,18H,5,9-11H2,1-4H3. The average molecular weight is 341 g/mol. The van der Waals surface area contributed by atoms with E-state index in [1.807, 2.05) is 6.07 Å². The Kier molecular flexibility index (Phi) is 5.10. The Balaban J connectivity index is 2.22. The van der Waals surface area contributed by atoms with Crippen LogP contribution in [0.15, 0.2) is 22.7 Å². The predicted molar refractivity (Wildman–Crippen MR) is 87.3 cm³/mol. The first kappa shape index (κ1) is 15.8. The van der Waals surface area contributed by atoms with Crippen LogP contribution in [-0.2, 0) is 6.54 Å². The van der Waals surface area contributed by atoms with Gasteiger partial charge in [-0.3, -0.25) is 4.90 Å². The normalized spacial score (nSPS) is 27.6. The molecule has 2 rings (SSSR count). The molecule has 0 spiro atoms. The van der Waals surface area contributed by atoms with Crippen LogP contribution < -0.4 is 10.1 Å². The quantitative estimate of drug-likeness (QED) is 0.908. The van der Waals surface area contributed by atoms with E-state index in [9.17, 15) is 0 Å². The summed E-state index contributed by atoms with van der Waals surface area (Å²) in [5.74, 6) is 0.921. The number of ether oxygens (including phenoxy) is 1. The van der Waals surface area contributed by atoms with E-state index in [2.05, 4.69) is 59.1 Å². The zero-order valence-electron chi connectivity index (χ0n) is 12.9. The van der Waals surface area contributed by atoms with Crippen molar-refractivity contribution >= 4 is 15.9 Å². The van der Waals surface area contributed by atoms with Crippen LogP contribution >= 0.6 is 15.9 Å². The Hall–Kier alpha value is -0.580. The van der Waals surface area contributed by atoms with Gasteiger partial charge in [-0.05, 0) is 44.0 Å². The van der Waals surface area contributed by atoms with E-state index in [-0.39, 0.29) is 5.54 Å². The Bertz CT molecular complexity index is 466. The Morgan fingerprint density at radius 1 is 1.50 bits per heavy atom. The molecule has 1 fully saturated rings. The zero-order chi connectivity index (χ0) is 14.8. The monoisotopic (exact) mass is 340 g/mol. The van der Waals surface area contributed by atoms with E-state index < -0.39 is 0 Å². The molecule has 1 heterocycles. The van der Waals surface area contributed by atoms with Gasteiger partial charge in [0.1, 0.15) is 5.75 Å². The van der Waals surface area contributed by atoms with Crippen molar-refractivity contribution in [1.82, 2.24) is 10.2 Å². The Morgan fingerprint density at radius 2 is 2.25 bits per heavy atom. The maximum Gasteiger partial charge on any atom is 0.119 e. The average Bonchev–Trinajstić information content (AvgIpc) is 2.45. The van der Waals surface area contributed by atoms with E-state index in [4.69, 9.17) is 4.74 Å². The number of hydrogen-bond acceptors (Lipinski definition) is 3. The van der Waals surface area contributed by atoms with Gasteiger partial charge in [0.05, 0.1) is 7.11 Å². The molecule has 1 aliphatic rings. The first-order chi connectivity index (χ1) is 9.48. The van der Waals surface area contributed by atoms with Gasteiger partial charge in [0, 0.05) is 35.7 Å². The molecule has 1 N–H and O–H groups in total. The molecule has 1 aliphatic heterocycles. The number of rotatable bonds is 4. The molecule has 0 aliphatic carbocycles. The molecular formula is C16H25BrN2O. The second kappa shape index (κ2) is 6.46. The van der Waals surface area contributed by atoms with E-state index in [1.165, 1.54) is 5.56 Å². The minimum absolute atomic E-state index is 0.217. The van der Waals surface area contributed by atoms with Crippen molar-refractivity contribution in [3.8, 4) is 5.75 Å². The third-order valence-corrected chi connectivity index (χ3v) is 5.24. The lowest BCUT2D eigenvalue weighted by Crippen LogP contribution is -2.61. The molecule has 0 bridgehead atoms. The van der Waals surface area contributed by atoms with Gasteiger partial charge in [-0.1, -0.05) is 22.9 Å². The van der Waals surface area contributed by atoms with Gasteiger partial charge in [-0.15, -0.1) is 0 Å². The zero-order valence-corrected chi connectivity index (χ0v) is 14.5. The molecule has 0 amide bonds. The first-order valence-corrected chi connectivity index (χ1v) is 8.08. The summed E-state index contributed by atoms with van der Waals surface area (Å²) in [6, 6.07) is 6.74. The van der Waals surface area contributed by atoms with Crippen molar-refractivity contribution in [2.45, 2.75) is 45.3 Å². The highest BCUT2D eigenvalue weighted by atomic mass is 79.9. The van der Waals surface area contributed by atoms with Crippen LogP contribution in [0.25, 0.3) is 0 Å². The molecule has 0 saturated carbocycles. The van der Waals surface area contributed by atoms with Crippen LogP contribution in [-0.4, -0.2) is 36.7 Å². The highest BCUT2D eigenvalue weighted by molar-refractivity contribution is 9.10. The predicted octanol–water partition coefficient (Wildman–Crippen LogP) is 3.42. The fourth-order valence-electron chi connectivity index (χ4n) is 2.73. The van der Waals surface area contributed by atoms with E-state index in [1.54, 1.807) is 7.11 Å². The molecular weight excluding hydrogens is 316 g/mol. The number of halogens is 1. The third-order valence-electron chi connectivity index (χ3n) is 4.46. The van der Waals surface area contributed by atoms with Gasteiger partial charge < -0.3 is 10.1 Å². The van der Waals surface area contributed by atoms with E-state index in [0.717, 1.165) is 36.3 Å². The lowest BCUT2D eigenvalue weighted by molar-refractivity contribution is 0.0451. The van der Waals surface area contributed by atoms with Crippen LogP contribution in [0.2, 0.25) is 0 Å². The van der Waals surface area contributed by atoms with Crippen LogP contribution in [0.4, 0.5) is 0 Å². The summed E-state index contributed by atoms with van der Waals surface area (Å²) in [6.07, 6.45) is 1.15. The minimum atomic E-state index is 0.217. The highest BCUT2D eigenvalue weighted by Gasteiger charge is 2.35. The van der Waals surface area contributed by atoms with Crippen molar-refractivity contribution in [2.75, 3.05) is 20.2 Å². The molecule has 20 heavy (non-hydrogen) atoms. The minimum Gasteiger partial charge on any atom is -0.497 e. The summed E-state index contributed by atoms with van der Waals surface area (Å²) in [5.41, 5.74) is 1.51. The molecule has 0 radical (unpaired) electrons. The van der Waals surface area contributed by atoms with Gasteiger partial charge in [0.25, 0.3) is 0 Å². The second-order valence-electron chi connectivity index (χ2n) is 5.97. The molecule has 2 atom stereocenters. The van der Waals surface area contributed by atoms with Crippen molar-refractivity contribution < 1.29 is 4.74 Å². The fourth-order valence-corrected chi connectivity index (χ4v) is 3.10. The molecule has 3 nitrogen and oxygen atoms in total. The van der Waals surface area contributed by atoms with Gasteiger partial charge in [0.2, 0.25) is 0 Å².